The maximum absolute atomic E-state index is 11.9. The zero-order valence-electron chi connectivity index (χ0n) is 11.7. The molecule has 1 heterocycles. The summed E-state index contributed by atoms with van der Waals surface area (Å²) in [5, 5.41) is 10.1. The van der Waals surface area contributed by atoms with E-state index in [-0.39, 0.29) is 12.5 Å². The lowest BCUT2D eigenvalue weighted by atomic mass is 9.97. The van der Waals surface area contributed by atoms with Crippen LogP contribution in [0.3, 0.4) is 0 Å². The van der Waals surface area contributed by atoms with Gasteiger partial charge in [0.15, 0.2) is 0 Å². The number of carbonyl (C=O) groups is 2. The van der Waals surface area contributed by atoms with Crippen molar-refractivity contribution < 1.29 is 19.4 Å². The molecule has 20 heavy (non-hydrogen) atoms. The molecule has 0 bridgehead atoms. The molecule has 0 aromatic heterocycles. The van der Waals surface area contributed by atoms with Crippen molar-refractivity contribution in [1.82, 2.24) is 0 Å². The number of benzene rings is 1. The van der Waals surface area contributed by atoms with Crippen molar-refractivity contribution in [3.63, 3.8) is 0 Å². The Morgan fingerprint density at radius 3 is 2.65 bits per heavy atom. The van der Waals surface area contributed by atoms with E-state index in [0.717, 1.165) is 11.3 Å². The number of para-hydroxylation sites is 1. The minimum Gasteiger partial charge on any atom is -0.461 e. The molecule has 0 spiro atoms. The fraction of sp³-hybridized carbons (Fsp3) is 0.467. The first-order chi connectivity index (χ1) is 9.47. The van der Waals surface area contributed by atoms with Crippen LogP contribution in [0.2, 0.25) is 0 Å². The molecule has 1 aliphatic rings. The fourth-order valence-electron chi connectivity index (χ4n) is 2.58. The van der Waals surface area contributed by atoms with Gasteiger partial charge in [0.05, 0.1) is 12.6 Å². The van der Waals surface area contributed by atoms with Crippen LogP contribution in [0.25, 0.3) is 0 Å². The highest BCUT2D eigenvalue weighted by Crippen LogP contribution is 2.26. The second kappa shape index (κ2) is 6.05. The van der Waals surface area contributed by atoms with Crippen molar-refractivity contribution in [3.8, 4) is 0 Å². The summed E-state index contributed by atoms with van der Waals surface area (Å²) in [6, 6.07) is 7.48. The van der Waals surface area contributed by atoms with Crippen LogP contribution in [0.1, 0.15) is 25.8 Å². The number of hydrogen-bond acceptors (Lipinski definition) is 4. The van der Waals surface area contributed by atoms with Crippen LogP contribution in [0.4, 0.5) is 5.69 Å². The van der Waals surface area contributed by atoms with Crippen LogP contribution < -0.4 is 4.90 Å². The van der Waals surface area contributed by atoms with E-state index < -0.39 is 18.2 Å². The Bertz CT molecular complexity index is 514. The Morgan fingerprint density at radius 1 is 1.30 bits per heavy atom. The van der Waals surface area contributed by atoms with E-state index in [1.807, 2.05) is 24.3 Å². The third kappa shape index (κ3) is 3.36. The lowest BCUT2D eigenvalue weighted by Crippen LogP contribution is -2.42. The number of esters is 1. The molecular weight excluding hydrogens is 258 g/mol. The zero-order chi connectivity index (χ0) is 14.7. The second-order valence-corrected chi connectivity index (χ2v) is 5.08. The summed E-state index contributed by atoms with van der Waals surface area (Å²) in [6.45, 7) is 3.08. The lowest BCUT2D eigenvalue weighted by Gasteiger charge is -2.32. The van der Waals surface area contributed by atoms with Crippen molar-refractivity contribution in [2.75, 3.05) is 11.4 Å². The highest BCUT2D eigenvalue weighted by molar-refractivity contribution is 5.92. The highest BCUT2D eigenvalue weighted by Gasteiger charge is 2.27. The Morgan fingerprint density at radius 2 is 2.00 bits per heavy atom. The molecule has 0 radical (unpaired) electrons. The van der Waals surface area contributed by atoms with E-state index in [9.17, 15) is 14.7 Å². The molecule has 0 aliphatic carbocycles. The summed E-state index contributed by atoms with van der Waals surface area (Å²) >= 11 is 0. The molecule has 0 saturated heterocycles. The van der Waals surface area contributed by atoms with E-state index in [4.69, 9.17) is 4.74 Å². The number of aliphatic hydroxyl groups excluding tert-OH is 1. The number of anilines is 1. The Hall–Kier alpha value is -1.88. The van der Waals surface area contributed by atoms with Gasteiger partial charge in [-0.15, -0.1) is 0 Å². The van der Waals surface area contributed by atoms with E-state index in [1.165, 1.54) is 13.8 Å². The number of carbonyl (C=O) groups excluding carboxylic acids is 2. The van der Waals surface area contributed by atoms with E-state index in [2.05, 4.69) is 0 Å². The quantitative estimate of drug-likeness (QED) is 0.785. The molecule has 1 aromatic carbocycles. The third-order valence-electron chi connectivity index (χ3n) is 3.37. The molecule has 2 atom stereocenters. The number of rotatable bonds is 1. The molecule has 1 aromatic rings. The van der Waals surface area contributed by atoms with Gasteiger partial charge in [-0.2, -0.15) is 0 Å². The van der Waals surface area contributed by atoms with Crippen molar-refractivity contribution in [2.45, 2.75) is 38.9 Å². The summed E-state index contributed by atoms with van der Waals surface area (Å²) in [6.07, 6.45) is -0.301. The highest BCUT2D eigenvalue weighted by atomic mass is 16.5. The topological polar surface area (TPSA) is 66.8 Å². The first-order valence-electron chi connectivity index (χ1n) is 6.68. The van der Waals surface area contributed by atoms with Crippen LogP contribution in [0.15, 0.2) is 24.3 Å². The largest absolute Gasteiger partial charge is 0.461 e. The van der Waals surface area contributed by atoms with Crippen LogP contribution >= 0.6 is 0 Å². The van der Waals surface area contributed by atoms with E-state index >= 15 is 0 Å². The predicted molar refractivity (Wildman–Crippen MR) is 74.4 cm³/mol. The number of hydrogen-bond donors (Lipinski definition) is 1. The second-order valence-electron chi connectivity index (χ2n) is 5.08. The van der Waals surface area contributed by atoms with Gasteiger partial charge in [0, 0.05) is 32.4 Å². The Kier molecular flexibility index (Phi) is 4.39. The van der Waals surface area contributed by atoms with Gasteiger partial charge in [-0.1, -0.05) is 18.2 Å². The monoisotopic (exact) mass is 277 g/mol. The number of aliphatic hydroxyl groups is 1. The van der Waals surface area contributed by atoms with Crippen molar-refractivity contribution in [2.24, 2.45) is 0 Å². The van der Waals surface area contributed by atoms with Gasteiger partial charge in [0.1, 0.15) is 6.10 Å². The van der Waals surface area contributed by atoms with Gasteiger partial charge in [-0.25, -0.2) is 0 Å². The van der Waals surface area contributed by atoms with Crippen LogP contribution in [-0.2, 0) is 20.7 Å². The normalized spacial score (nSPS) is 22.4. The number of fused-ring (bicyclic) bond motifs is 1. The fourth-order valence-corrected chi connectivity index (χ4v) is 2.58. The van der Waals surface area contributed by atoms with Gasteiger partial charge in [0.2, 0.25) is 5.91 Å². The van der Waals surface area contributed by atoms with Crippen molar-refractivity contribution in [1.29, 1.82) is 0 Å². The lowest BCUT2D eigenvalue weighted by molar-refractivity contribution is -0.147. The van der Waals surface area contributed by atoms with E-state index in [1.54, 1.807) is 4.90 Å². The SMILES string of the molecule is CC(=O)OC1CC(O)Cc2ccccc2N(C(C)=O)C1. The summed E-state index contributed by atoms with van der Waals surface area (Å²) in [7, 11) is 0. The molecule has 0 fully saturated rings. The van der Waals surface area contributed by atoms with Gasteiger partial charge in [-0.3, -0.25) is 9.59 Å². The molecule has 1 amide bonds. The van der Waals surface area contributed by atoms with Gasteiger partial charge in [0.25, 0.3) is 0 Å². The van der Waals surface area contributed by atoms with Gasteiger partial charge >= 0.3 is 5.97 Å². The minimum atomic E-state index is -0.588. The number of amides is 1. The predicted octanol–water partition coefficient (Wildman–Crippen LogP) is 1.28. The number of nitrogens with zero attached hydrogens (tertiary/aromatic N) is 1. The third-order valence-corrected chi connectivity index (χ3v) is 3.37. The molecule has 2 rings (SSSR count). The maximum atomic E-state index is 11.9. The molecule has 1 aliphatic heterocycles. The number of ether oxygens (including phenoxy) is 1. The minimum absolute atomic E-state index is 0.106. The van der Waals surface area contributed by atoms with Crippen molar-refractivity contribution >= 4 is 17.6 Å². The summed E-state index contributed by atoms with van der Waals surface area (Å²) in [4.78, 5) is 24.6. The first kappa shape index (κ1) is 14.5. The average molecular weight is 277 g/mol. The average Bonchev–Trinajstić information content (AvgIpc) is 2.33. The Balaban J connectivity index is 2.35. The molecule has 5 heteroatoms. The molecule has 1 N–H and O–H groups in total. The molecule has 108 valence electrons. The molecule has 2 unspecified atom stereocenters. The van der Waals surface area contributed by atoms with Gasteiger partial charge in [-0.05, 0) is 11.6 Å². The van der Waals surface area contributed by atoms with Crippen LogP contribution in [0.5, 0.6) is 0 Å². The summed E-state index contributed by atoms with van der Waals surface area (Å²) < 4.78 is 5.20. The summed E-state index contributed by atoms with van der Waals surface area (Å²) in [5.41, 5.74) is 1.70. The van der Waals surface area contributed by atoms with Crippen LogP contribution in [0, 0.1) is 0 Å². The standard InChI is InChI=1S/C15H19NO4/c1-10(17)16-9-14(20-11(2)18)8-13(19)7-12-5-3-4-6-15(12)16/h3-6,13-14,19H,7-9H2,1-2H3. The molecule has 5 nitrogen and oxygen atoms in total. The van der Waals surface area contributed by atoms with Crippen LogP contribution in [-0.4, -0.2) is 35.7 Å². The maximum Gasteiger partial charge on any atom is 0.302 e. The van der Waals surface area contributed by atoms with Crippen molar-refractivity contribution in [3.05, 3.63) is 29.8 Å². The Labute approximate surface area is 118 Å². The smallest absolute Gasteiger partial charge is 0.302 e. The zero-order valence-corrected chi connectivity index (χ0v) is 11.7. The van der Waals surface area contributed by atoms with Gasteiger partial charge < -0.3 is 14.7 Å². The molecular formula is C15H19NO4. The van der Waals surface area contributed by atoms with E-state index in [0.29, 0.717) is 12.8 Å². The summed E-state index contributed by atoms with van der Waals surface area (Å²) in [5.74, 6) is -0.509. The molecule has 0 saturated carbocycles. The first-order valence-corrected chi connectivity index (χ1v) is 6.68.